The summed E-state index contributed by atoms with van der Waals surface area (Å²) in [6.07, 6.45) is 1.33. The fraction of sp³-hybridized carbons (Fsp3) is 0.300. The van der Waals surface area contributed by atoms with Crippen LogP contribution in [0, 0.1) is 0 Å². The van der Waals surface area contributed by atoms with Crippen molar-refractivity contribution < 1.29 is 9.53 Å². The van der Waals surface area contributed by atoms with Gasteiger partial charge >= 0.3 is 5.97 Å². The normalized spacial score (nSPS) is 11.4. The first kappa shape index (κ1) is 15.1. The van der Waals surface area contributed by atoms with E-state index in [4.69, 9.17) is 33.7 Å². The van der Waals surface area contributed by atoms with Crippen LogP contribution in [-0.4, -0.2) is 28.3 Å². The maximum absolute atomic E-state index is 11.5. The maximum Gasteiger partial charge on any atom is 0.343 e. The second kappa shape index (κ2) is 7.45. The summed E-state index contributed by atoms with van der Waals surface area (Å²) in [4.78, 5) is 19.4. The van der Waals surface area contributed by atoms with Gasteiger partial charge in [-0.1, -0.05) is 35.0 Å². The van der Waals surface area contributed by atoms with Crippen LogP contribution in [0.1, 0.15) is 17.3 Å². The number of carbonyl (C=O) groups is 1. The molecule has 0 aromatic carbocycles. The molecule has 0 aliphatic carbocycles. The van der Waals surface area contributed by atoms with Crippen LogP contribution in [0.3, 0.4) is 0 Å². The molecular formula is C10H11Cl2N3O2S. The molecule has 1 rings (SSSR count). The standard InChI is InChI=1S/C10H11Cl2N3O2S/c1-2-17-9(16)7-4-14-10(15-8(7)13)18-5-6(12)3-11/h3-4H,2,5H2,1H3,(H2,13,14,15)/b6-3-. The highest BCUT2D eigenvalue weighted by Crippen LogP contribution is 2.21. The van der Waals surface area contributed by atoms with Gasteiger partial charge in [-0.25, -0.2) is 14.8 Å². The van der Waals surface area contributed by atoms with Crippen LogP contribution in [0.5, 0.6) is 0 Å². The number of nitrogen functional groups attached to an aromatic ring is 1. The summed E-state index contributed by atoms with van der Waals surface area (Å²) in [7, 11) is 0. The molecule has 8 heteroatoms. The van der Waals surface area contributed by atoms with Crippen molar-refractivity contribution in [1.82, 2.24) is 9.97 Å². The minimum Gasteiger partial charge on any atom is -0.462 e. The van der Waals surface area contributed by atoms with Crippen LogP contribution in [-0.2, 0) is 4.74 Å². The fourth-order valence-corrected chi connectivity index (χ4v) is 1.95. The Morgan fingerprint density at radius 2 is 2.39 bits per heavy atom. The van der Waals surface area contributed by atoms with Crippen LogP contribution in [0.2, 0.25) is 0 Å². The van der Waals surface area contributed by atoms with Crippen molar-refractivity contribution in [2.75, 3.05) is 18.1 Å². The number of ether oxygens (including phenoxy) is 1. The van der Waals surface area contributed by atoms with E-state index in [-0.39, 0.29) is 18.0 Å². The van der Waals surface area contributed by atoms with Gasteiger partial charge in [0, 0.05) is 22.5 Å². The smallest absolute Gasteiger partial charge is 0.343 e. The highest BCUT2D eigenvalue weighted by molar-refractivity contribution is 7.99. The summed E-state index contributed by atoms with van der Waals surface area (Å²) >= 11 is 12.4. The van der Waals surface area contributed by atoms with Gasteiger partial charge < -0.3 is 10.5 Å². The molecule has 98 valence electrons. The number of aromatic nitrogens is 2. The molecule has 0 saturated carbocycles. The van der Waals surface area contributed by atoms with Crippen molar-refractivity contribution in [1.29, 1.82) is 0 Å². The topological polar surface area (TPSA) is 78.1 Å². The second-order valence-electron chi connectivity index (χ2n) is 3.02. The molecule has 0 amide bonds. The monoisotopic (exact) mass is 307 g/mol. The van der Waals surface area contributed by atoms with Crippen molar-refractivity contribution in [3.8, 4) is 0 Å². The van der Waals surface area contributed by atoms with Crippen molar-refractivity contribution in [2.24, 2.45) is 0 Å². The van der Waals surface area contributed by atoms with E-state index >= 15 is 0 Å². The van der Waals surface area contributed by atoms with E-state index in [2.05, 4.69) is 9.97 Å². The first-order valence-electron chi connectivity index (χ1n) is 4.95. The predicted octanol–water partition coefficient (Wildman–Crippen LogP) is 2.65. The van der Waals surface area contributed by atoms with Crippen LogP contribution in [0.25, 0.3) is 0 Å². The number of rotatable bonds is 5. The van der Waals surface area contributed by atoms with Crippen LogP contribution < -0.4 is 5.73 Å². The third-order valence-electron chi connectivity index (χ3n) is 1.75. The van der Waals surface area contributed by atoms with Crippen molar-refractivity contribution in [2.45, 2.75) is 12.1 Å². The van der Waals surface area contributed by atoms with Gasteiger partial charge in [0.1, 0.15) is 11.4 Å². The van der Waals surface area contributed by atoms with Crippen LogP contribution in [0.4, 0.5) is 5.82 Å². The summed E-state index contributed by atoms with van der Waals surface area (Å²) in [5, 5.41) is 0.885. The van der Waals surface area contributed by atoms with Crippen LogP contribution in [0.15, 0.2) is 21.9 Å². The Morgan fingerprint density at radius 3 is 2.94 bits per heavy atom. The third kappa shape index (κ3) is 4.36. The largest absolute Gasteiger partial charge is 0.462 e. The van der Waals surface area contributed by atoms with Gasteiger partial charge in [0.25, 0.3) is 0 Å². The van der Waals surface area contributed by atoms with Gasteiger partial charge in [-0.05, 0) is 6.92 Å². The van der Waals surface area contributed by atoms with Crippen molar-refractivity contribution >= 4 is 46.8 Å². The van der Waals surface area contributed by atoms with E-state index in [0.717, 1.165) is 0 Å². The fourth-order valence-electron chi connectivity index (χ4n) is 0.979. The van der Waals surface area contributed by atoms with Gasteiger partial charge in [0.05, 0.1) is 6.61 Å². The van der Waals surface area contributed by atoms with E-state index in [1.54, 1.807) is 6.92 Å². The molecule has 0 aliphatic heterocycles. The molecule has 0 spiro atoms. The number of halogens is 2. The van der Waals surface area contributed by atoms with Gasteiger partial charge in [-0.3, -0.25) is 0 Å². The molecule has 2 N–H and O–H groups in total. The Hall–Kier alpha value is -0.980. The third-order valence-corrected chi connectivity index (χ3v) is 3.44. The maximum atomic E-state index is 11.5. The average molecular weight is 308 g/mol. The lowest BCUT2D eigenvalue weighted by Gasteiger charge is -2.05. The van der Waals surface area contributed by atoms with E-state index in [9.17, 15) is 4.79 Å². The number of carbonyl (C=O) groups excluding carboxylic acids is 1. The molecule has 18 heavy (non-hydrogen) atoms. The summed E-state index contributed by atoms with van der Waals surface area (Å²) in [5.74, 6) is -0.0226. The molecule has 1 heterocycles. The number of nitrogens with two attached hydrogens (primary N) is 1. The van der Waals surface area contributed by atoms with Gasteiger partial charge in [-0.2, -0.15) is 0 Å². The zero-order valence-corrected chi connectivity index (χ0v) is 11.8. The van der Waals surface area contributed by atoms with E-state index in [0.29, 0.717) is 15.9 Å². The SMILES string of the molecule is CCOC(=O)c1cnc(SC/C(Cl)=C/Cl)nc1N. The lowest BCUT2D eigenvalue weighted by molar-refractivity contribution is 0.0526. The number of nitrogens with zero attached hydrogens (tertiary/aromatic N) is 2. The second-order valence-corrected chi connectivity index (χ2v) is 4.66. The minimum absolute atomic E-state index is 0.0805. The van der Waals surface area contributed by atoms with Crippen molar-refractivity contribution in [3.05, 3.63) is 22.3 Å². The Bertz CT molecular complexity index is 468. The molecule has 0 saturated heterocycles. The zero-order valence-electron chi connectivity index (χ0n) is 9.52. The number of hydrogen-bond acceptors (Lipinski definition) is 6. The van der Waals surface area contributed by atoms with E-state index < -0.39 is 5.97 Å². The molecular weight excluding hydrogens is 297 g/mol. The summed E-state index contributed by atoms with van der Waals surface area (Å²) in [6, 6.07) is 0. The lowest BCUT2D eigenvalue weighted by atomic mass is 10.3. The first-order valence-corrected chi connectivity index (χ1v) is 6.75. The van der Waals surface area contributed by atoms with Gasteiger partial charge in [-0.15, -0.1) is 0 Å². The Balaban J connectivity index is 2.76. The molecule has 0 aliphatic rings. The number of esters is 1. The molecule has 0 atom stereocenters. The molecule has 0 unspecified atom stereocenters. The number of hydrogen-bond donors (Lipinski definition) is 1. The van der Waals surface area contributed by atoms with E-state index in [1.807, 2.05) is 0 Å². The first-order chi connectivity index (χ1) is 8.58. The quantitative estimate of drug-likeness (QED) is 0.512. The summed E-state index contributed by atoms with van der Waals surface area (Å²) in [6.45, 7) is 1.98. The molecule has 1 aromatic rings. The molecule has 5 nitrogen and oxygen atoms in total. The molecule has 0 bridgehead atoms. The van der Waals surface area contributed by atoms with Crippen LogP contribution >= 0.6 is 35.0 Å². The predicted molar refractivity (Wildman–Crippen MR) is 72.9 cm³/mol. The molecule has 0 radical (unpaired) electrons. The highest BCUT2D eigenvalue weighted by atomic mass is 35.5. The Kier molecular flexibility index (Phi) is 6.24. The highest BCUT2D eigenvalue weighted by Gasteiger charge is 2.13. The Morgan fingerprint density at radius 1 is 1.67 bits per heavy atom. The Labute approximate surface area is 119 Å². The average Bonchev–Trinajstić information content (AvgIpc) is 2.36. The van der Waals surface area contributed by atoms with Gasteiger partial charge in [0.15, 0.2) is 5.16 Å². The number of anilines is 1. The minimum atomic E-state index is -0.537. The zero-order chi connectivity index (χ0) is 13.5. The van der Waals surface area contributed by atoms with E-state index in [1.165, 1.54) is 23.5 Å². The van der Waals surface area contributed by atoms with Gasteiger partial charge in [0.2, 0.25) is 0 Å². The lowest BCUT2D eigenvalue weighted by Crippen LogP contribution is -2.10. The molecule has 1 aromatic heterocycles. The number of thioether (sulfide) groups is 1. The summed E-state index contributed by atoms with van der Waals surface area (Å²) < 4.78 is 4.81. The molecule has 0 fully saturated rings. The summed E-state index contributed by atoms with van der Waals surface area (Å²) in [5.41, 5.74) is 7.07. The van der Waals surface area contributed by atoms with Crippen molar-refractivity contribution in [3.63, 3.8) is 0 Å².